The third-order valence-electron chi connectivity index (χ3n) is 6.41. The summed E-state index contributed by atoms with van der Waals surface area (Å²) in [7, 11) is 4.92. The average Bonchev–Trinajstić information content (AvgIpc) is 3.24. The second-order valence-electron chi connectivity index (χ2n) is 8.39. The van der Waals surface area contributed by atoms with E-state index in [1.807, 2.05) is 47.4 Å². The molecule has 34 heavy (non-hydrogen) atoms. The zero-order valence-corrected chi connectivity index (χ0v) is 20.0. The minimum absolute atomic E-state index is 0.0106. The number of ether oxygens (including phenoxy) is 3. The number of hydrogen-bond donors (Lipinski definition) is 0. The zero-order valence-electron chi connectivity index (χ0n) is 20.0. The van der Waals surface area contributed by atoms with Crippen LogP contribution in [0.3, 0.4) is 0 Å². The second-order valence-corrected chi connectivity index (χ2v) is 8.39. The fourth-order valence-electron chi connectivity index (χ4n) is 4.40. The van der Waals surface area contributed by atoms with Gasteiger partial charge in [0.15, 0.2) is 0 Å². The van der Waals surface area contributed by atoms with E-state index in [0.29, 0.717) is 26.2 Å². The summed E-state index contributed by atoms with van der Waals surface area (Å²) < 4.78 is 16.0. The Morgan fingerprint density at radius 3 is 2.15 bits per heavy atom. The standard InChI is InChI=1S/C25H32N4O5/c1-32-21-6-4-20(5-7-21)29-15-14-28(25(29)31)18-24(30)27-12-10-26(11-13-27)17-19-16-22(33-2)8-9-23(19)34-3/h4-9,16H,10-15,17-18H2,1-3H3. The molecular weight excluding hydrogens is 436 g/mol. The maximum absolute atomic E-state index is 12.9. The fraction of sp³-hybridized carbons (Fsp3) is 0.440. The van der Waals surface area contributed by atoms with Crippen LogP contribution in [0.2, 0.25) is 0 Å². The van der Waals surface area contributed by atoms with Gasteiger partial charge in [-0.3, -0.25) is 14.6 Å². The number of nitrogens with zero attached hydrogens (tertiary/aromatic N) is 4. The van der Waals surface area contributed by atoms with Crippen LogP contribution in [0.4, 0.5) is 10.5 Å². The summed E-state index contributed by atoms with van der Waals surface area (Å²) in [6.45, 7) is 4.72. The molecule has 2 aromatic carbocycles. The minimum atomic E-state index is -0.137. The number of carbonyl (C=O) groups is 2. The Bertz CT molecular complexity index is 1000. The Morgan fingerprint density at radius 1 is 0.824 bits per heavy atom. The molecular formula is C25H32N4O5. The highest BCUT2D eigenvalue weighted by molar-refractivity contribution is 5.96. The first-order valence-electron chi connectivity index (χ1n) is 11.4. The van der Waals surface area contributed by atoms with E-state index >= 15 is 0 Å². The van der Waals surface area contributed by atoms with Gasteiger partial charge in [-0.2, -0.15) is 0 Å². The van der Waals surface area contributed by atoms with Crippen molar-refractivity contribution in [1.29, 1.82) is 0 Å². The fourth-order valence-corrected chi connectivity index (χ4v) is 4.40. The van der Waals surface area contributed by atoms with Gasteiger partial charge in [-0.05, 0) is 42.5 Å². The molecule has 2 fully saturated rings. The molecule has 0 saturated carbocycles. The van der Waals surface area contributed by atoms with Crippen molar-refractivity contribution in [3.8, 4) is 17.2 Å². The molecule has 2 saturated heterocycles. The number of benzene rings is 2. The highest BCUT2D eigenvalue weighted by Crippen LogP contribution is 2.26. The lowest BCUT2D eigenvalue weighted by Crippen LogP contribution is -2.51. The third-order valence-corrected chi connectivity index (χ3v) is 6.41. The van der Waals surface area contributed by atoms with Crippen LogP contribution in [0.1, 0.15) is 5.56 Å². The first-order valence-corrected chi connectivity index (χ1v) is 11.4. The first-order chi connectivity index (χ1) is 16.5. The van der Waals surface area contributed by atoms with Gasteiger partial charge < -0.3 is 24.0 Å². The number of piperazine rings is 1. The third kappa shape index (κ3) is 5.20. The Morgan fingerprint density at radius 2 is 1.50 bits per heavy atom. The van der Waals surface area contributed by atoms with E-state index in [1.54, 1.807) is 31.1 Å². The molecule has 3 amide bonds. The normalized spacial score (nSPS) is 16.7. The van der Waals surface area contributed by atoms with Gasteiger partial charge in [-0.15, -0.1) is 0 Å². The molecule has 0 radical (unpaired) electrons. The van der Waals surface area contributed by atoms with Crippen LogP contribution < -0.4 is 19.1 Å². The largest absolute Gasteiger partial charge is 0.497 e. The molecule has 0 spiro atoms. The highest BCUT2D eigenvalue weighted by atomic mass is 16.5. The predicted octanol–water partition coefficient (Wildman–Crippen LogP) is 2.30. The smallest absolute Gasteiger partial charge is 0.325 e. The maximum atomic E-state index is 12.9. The van der Waals surface area contributed by atoms with Gasteiger partial charge in [0.2, 0.25) is 5.91 Å². The van der Waals surface area contributed by atoms with E-state index in [9.17, 15) is 9.59 Å². The van der Waals surface area contributed by atoms with Crippen LogP contribution in [0.25, 0.3) is 0 Å². The molecule has 0 aliphatic carbocycles. The molecule has 0 atom stereocenters. The van der Waals surface area contributed by atoms with Crippen molar-refractivity contribution in [2.24, 2.45) is 0 Å². The number of anilines is 1. The average molecular weight is 469 g/mol. The number of amides is 3. The molecule has 2 aliphatic heterocycles. The SMILES string of the molecule is COc1ccc(N2CCN(CC(=O)N3CCN(Cc4cc(OC)ccc4OC)CC3)C2=O)cc1. The lowest BCUT2D eigenvalue weighted by molar-refractivity contribution is -0.133. The van der Waals surface area contributed by atoms with E-state index in [-0.39, 0.29) is 18.5 Å². The van der Waals surface area contributed by atoms with Gasteiger partial charge in [-0.25, -0.2) is 4.79 Å². The van der Waals surface area contributed by atoms with Gasteiger partial charge in [0.25, 0.3) is 0 Å². The van der Waals surface area contributed by atoms with Gasteiger partial charge in [-0.1, -0.05) is 0 Å². The minimum Gasteiger partial charge on any atom is -0.497 e. The van der Waals surface area contributed by atoms with Crippen LogP contribution in [0, 0.1) is 0 Å². The molecule has 9 heteroatoms. The van der Waals surface area contributed by atoms with Crippen molar-refractivity contribution in [2.45, 2.75) is 6.54 Å². The lowest BCUT2D eigenvalue weighted by atomic mass is 10.1. The topological polar surface area (TPSA) is 74.8 Å². The molecule has 2 aliphatic rings. The number of methoxy groups -OCH3 is 3. The predicted molar refractivity (Wildman–Crippen MR) is 129 cm³/mol. The number of hydrogen-bond acceptors (Lipinski definition) is 6. The van der Waals surface area contributed by atoms with E-state index in [2.05, 4.69) is 4.90 Å². The Kier molecular flexibility index (Phi) is 7.42. The number of rotatable bonds is 8. The molecule has 0 bridgehead atoms. The van der Waals surface area contributed by atoms with E-state index in [4.69, 9.17) is 14.2 Å². The monoisotopic (exact) mass is 468 g/mol. The van der Waals surface area contributed by atoms with Gasteiger partial charge in [0.05, 0.1) is 21.3 Å². The van der Waals surface area contributed by atoms with Crippen LogP contribution in [-0.2, 0) is 11.3 Å². The summed E-state index contributed by atoms with van der Waals surface area (Å²) in [5, 5.41) is 0. The first kappa shape index (κ1) is 23.7. The summed E-state index contributed by atoms with van der Waals surface area (Å²) in [5.74, 6) is 2.35. The highest BCUT2D eigenvalue weighted by Gasteiger charge is 2.32. The quantitative estimate of drug-likeness (QED) is 0.592. The summed E-state index contributed by atoms with van der Waals surface area (Å²) >= 11 is 0. The van der Waals surface area contributed by atoms with E-state index in [1.165, 1.54) is 0 Å². The van der Waals surface area contributed by atoms with Crippen molar-refractivity contribution in [2.75, 3.05) is 72.0 Å². The molecule has 0 unspecified atom stereocenters. The molecule has 0 aromatic heterocycles. The van der Waals surface area contributed by atoms with Gasteiger partial charge >= 0.3 is 6.03 Å². The lowest BCUT2D eigenvalue weighted by Gasteiger charge is -2.35. The van der Waals surface area contributed by atoms with Crippen molar-refractivity contribution in [1.82, 2.24) is 14.7 Å². The summed E-state index contributed by atoms with van der Waals surface area (Å²) in [6.07, 6.45) is 0. The van der Waals surface area contributed by atoms with Gasteiger partial charge in [0.1, 0.15) is 23.8 Å². The Labute approximate surface area is 200 Å². The maximum Gasteiger partial charge on any atom is 0.325 e. The number of urea groups is 1. The molecule has 2 heterocycles. The van der Waals surface area contributed by atoms with E-state index < -0.39 is 0 Å². The molecule has 9 nitrogen and oxygen atoms in total. The van der Waals surface area contributed by atoms with Gasteiger partial charge in [0, 0.05) is 57.1 Å². The summed E-state index contributed by atoms with van der Waals surface area (Å²) in [4.78, 5) is 33.3. The van der Waals surface area contributed by atoms with Crippen molar-refractivity contribution < 1.29 is 23.8 Å². The Balaban J connectivity index is 1.28. The van der Waals surface area contributed by atoms with Crippen LogP contribution in [0.5, 0.6) is 17.2 Å². The number of carbonyl (C=O) groups excluding carboxylic acids is 2. The van der Waals surface area contributed by atoms with Crippen LogP contribution in [0.15, 0.2) is 42.5 Å². The van der Waals surface area contributed by atoms with Crippen molar-refractivity contribution in [3.63, 3.8) is 0 Å². The molecule has 0 N–H and O–H groups in total. The van der Waals surface area contributed by atoms with Crippen molar-refractivity contribution in [3.05, 3.63) is 48.0 Å². The summed E-state index contributed by atoms with van der Waals surface area (Å²) in [6, 6.07) is 13.0. The zero-order chi connectivity index (χ0) is 24.1. The Hall–Kier alpha value is -3.46. The second kappa shape index (κ2) is 10.6. The van der Waals surface area contributed by atoms with Crippen LogP contribution in [-0.4, -0.2) is 93.8 Å². The molecule has 4 rings (SSSR count). The van der Waals surface area contributed by atoms with Crippen molar-refractivity contribution >= 4 is 17.6 Å². The summed E-state index contributed by atoms with van der Waals surface area (Å²) in [5.41, 5.74) is 1.87. The van der Waals surface area contributed by atoms with E-state index in [0.717, 1.165) is 48.1 Å². The molecule has 182 valence electrons. The molecule has 2 aromatic rings. The van der Waals surface area contributed by atoms with Crippen LogP contribution >= 0.6 is 0 Å².